The summed E-state index contributed by atoms with van der Waals surface area (Å²) in [6.07, 6.45) is 16.0. The second kappa shape index (κ2) is 8.36. The second-order valence-electron chi connectivity index (χ2n) is 5.98. The maximum absolute atomic E-state index is 4.38. The molecule has 1 heterocycles. The molecule has 3 nitrogen and oxygen atoms in total. The lowest BCUT2D eigenvalue weighted by atomic mass is 9.91. The van der Waals surface area contributed by atoms with Gasteiger partial charge in [0.25, 0.3) is 0 Å². The molecule has 0 saturated heterocycles. The molecule has 108 valence electrons. The Morgan fingerprint density at radius 1 is 1.32 bits per heavy atom. The molecule has 1 fully saturated rings. The van der Waals surface area contributed by atoms with Gasteiger partial charge in [0.1, 0.15) is 5.82 Å². The molecule has 0 aromatic carbocycles. The minimum atomic E-state index is 0.592. The minimum Gasteiger partial charge on any atom is -0.349 e. The standard InChI is InChI=1S/C16H29N3/c1-2-9-17-15(13-16-18-10-11-19-16)12-14-7-5-3-4-6-8-14/h10-11,14-15,17H,2-9,12-13H2,1H3,(H,18,19). The van der Waals surface area contributed by atoms with Crippen molar-refractivity contribution in [3.8, 4) is 0 Å². The van der Waals surface area contributed by atoms with E-state index < -0.39 is 0 Å². The second-order valence-corrected chi connectivity index (χ2v) is 5.98. The summed E-state index contributed by atoms with van der Waals surface area (Å²) in [6.45, 7) is 3.36. The molecule has 1 atom stereocenters. The SMILES string of the molecule is CCCNC(Cc1ncc[nH]1)CC1CCCCCC1. The third kappa shape index (κ3) is 5.35. The summed E-state index contributed by atoms with van der Waals surface area (Å²) < 4.78 is 0. The van der Waals surface area contributed by atoms with E-state index in [2.05, 4.69) is 22.2 Å². The molecule has 0 amide bonds. The van der Waals surface area contributed by atoms with E-state index in [0.717, 1.165) is 24.7 Å². The zero-order valence-corrected chi connectivity index (χ0v) is 12.3. The highest BCUT2D eigenvalue weighted by Gasteiger charge is 2.18. The summed E-state index contributed by atoms with van der Waals surface area (Å²) in [5.74, 6) is 2.05. The number of imidazole rings is 1. The summed E-state index contributed by atoms with van der Waals surface area (Å²) in [4.78, 5) is 7.62. The largest absolute Gasteiger partial charge is 0.349 e. The van der Waals surface area contributed by atoms with Crippen LogP contribution in [0.1, 0.15) is 64.1 Å². The molecule has 1 aromatic heterocycles. The van der Waals surface area contributed by atoms with Gasteiger partial charge >= 0.3 is 0 Å². The van der Waals surface area contributed by atoms with Gasteiger partial charge in [0.15, 0.2) is 0 Å². The highest BCUT2D eigenvalue weighted by atomic mass is 14.9. The lowest BCUT2D eigenvalue weighted by molar-refractivity contribution is 0.347. The number of hydrogen-bond acceptors (Lipinski definition) is 2. The van der Waals surface area contributed by atoms with Gasteiger partial charge in [0.05, 0.1) is 0 Å². The predicted octanol–water partition coefficient (Wildman–Crippen LogP) is 3.68. The van der Waals surface area contributed by atoms with E-state index >= 15 is 0 Å². The smallest absolute Gasteiger partial charge is 0.107 e. The number of nitrogens with zero attached hydrogens (tertiary/aromatic N) is 1. The van der Waals surface area contributed by atoms with Crippen LogP contribution in [-0.4, -0.2) is 22.6 Å². The Balaban J connectivity index is 1.84. The van der Waals surface area contributed by atoms with E-state index in [-0.39, 0.29) is 0 Å². The van der Waals surface area contributed by atoms with Gasteiger partial charge in [-0.3, -0.25) is 0 Å². The Bertz CT molecular complexity index is 313. The molecular formula is C16H29N3. The van der Waals surface area contributed by atoms with Crippen molar-refractivity contribution in [2.75, 3.05) is 6.54 Å². The number of hydrogen-bond donors (Lipinski definition) is 2. The van der Waals surface area contributed by atoms with Gasteiger partial charge in [0.2, 0.25) is 0 Å². The Morgan fingerprint density at radius 2 is 2.11 bits per heavy atom. The summed E-state index contributed by atoms with van der Waals surface area (Å²) >= 11 is 0. The summed E-state index contributed by atoms with van der Waals surface area (Å²) in [6, 6.07) is 0.592. The van der Waals surface area contributed by atoms with Crippen molar-refractivity contribution < 1.29 is 0 Å². The first kappa shape index (κ1) is 14.6. The first-order chi connectivity index (χ1) is 9.38. The summed E-state index contributed by atoms with van der Waals surface area (Å²) in [7, 11) is 0. The van der Waals surface area contributed by atoms with Crippen LogP contribution in [-0.2, 0) is 6.42 Å². The Hall–Kier alpha value is -0.830. The van der Waals surface area contributed by atoms with E-state index in [9.17, 15) is 0 Å². The van der Waals surface area contributed by atoms with Crippen LogP contribution in [0.4, 0.5) is 0 Å². The topological polar surface area (TPSA) is 40.7 Å². The third-order valence-corrected chi connectivity index (χ3v) is 4.27. The molecule has 1 aliphatic carbocycles. The minimum absolute atomic E-state index is 0.592. The van der Waals surface area contributed by atoms with Crippen LogP contribution in [0.5, 0.6) is 0 Å². The fourth-order valence-electron chi connectivity index (χ4n) is 3.23. The molecule has 0 spiro atoms. The molecule has 2 N–H and O–H groups in total. The van der Waals surface area contributed by atoms with Gasteiger partial charge in [-0.15, -0.1) is 0 Å². The first-order valence-corrected chi connectivity index (χ1v) is 8.10. The maximum Gasteiger partial charge on any atom is 0.107 e. The third-order valence-electron chi connectivity index (χ3n) is 4.27. The van der Waals surface area contributed by atoms with E-state index in [1.54, 1.807) is 0 Å². The van der Waals surface area contributed by atoms with Crippen molar-refractivity contribution >= 4 is 0 Å². The van der Waals surface area contributed by atoms with Crippen LogP contribution >= 0.6 is 0 Å². The molecular weight excluding hydrogens is 234 g/mol. The van der Waals surface area contributed by atoms with E-state index in [1.807, 2.05) is 12.4 Å². The average Bonchev–Trinajstić information content (AvgIpc) is 2.79. The van der Waals surface area contributed by atoms with Gasteiger partial charge in [-0.05, 0) is 25.3 Å². The lowest BCUT2D eigenvalue weighted by Crippen LogP contribution is -2.34. The van der Waals surface area contributed by atoms with Crippen LogP contribution < -0.4 is 5.32 Å². The van der Waals surface area contributed by atoms with Crippen molar-refractivity contribution in [1.29, 1.82) is 0 Å². The monoisotopic (exact) mass is 263 g/mol. The highest BCUT2D eigenvalue weighted by molar-refractivity contribution is 4.92. The van der Waals surface area contributed by atoms with Crippen LogP contribution in [0.3, 0.4) is 0 Å². The molecule has 1 aromatic rings. The van der Waals surface area contributed by atoms with Crippen molar-refractivity contribution in [2.24, 2.45) is 5.92 Å². The van der Waals surface area contributed by atoms with E-state index in [0.29, 0.717) is 6.04 Å². The molecule has 1 saturated carbocycles. The fourth-order valence-corrected chi connectivity index (χ4v) is 3.23. The molecule has 3 heteroatoms. The zero-order chi connectivity index (χ0) is 13.3. The molecule has 1 unspecified atom stereocenters. The molecule has 2 rings (SSSR count). The summed E-state index contributed by atoms with van der Waals surface area (Å²) in [5.41, 5.74) is 0. The lowest BCUT2D eigenvalue weighted by Gasteiger charge is -2.23. The van der Waals surface area contributed by atoms with Crippen molar-refractivity contribution in [1.82, 2.24) is 15.3 Å². The van der Waals surface area contributed by atoms with Gasteiger partial charge in [-0.25, -0.2) is 4.98 Å². The van der Waals surface area contributed by atoms with E-state index in [1.165, 1.54) is 51.4 Å². The first-order valence-electron chi connectivity index (χ1n) is 8.10. The predicted molar refractivity (Wildman–Crippen MR) is 80.2 cm³/mol. The van der Waals surface area contributed by atoms with Crippen molar-refractivity contribution in [3.05, 3.63) is 18.2 Å². The van der Waals surface area contributed by atoms with Crippen LogP contribution in [0.2, 0.25) is 0 Å². The fraction of sp³-hybridized carbons (Fsp3) is 0.812. The molecule has 0 radical (unpaired) electrons. The summed E-state index contributed by atoms with van der Waals surface area (Å²) in [5, 5.41) is 3.72. The van der Waals surface area contributed by atoms with E-state index in [4.69, 9.17) is 0 Å². The normalized spacial score (nSPS) is 19.2. The van der Waals surface area contributed by atoms with Crippen molar-refractivity contribution in [3.63, 3.8) is 0 Å². The van der Waals surface area contributed by atoms with Gasteiger partial charge in [0, 0.05) is 24.9 Å². The Labute approximate surface area is 117 Å². The van der Waals surface area contributed by atoms with Crippen LogP contribution in [0, 0.1) is 5.92 Å². The number of aromatic amines is 1. The van der Waals surface area contributed by atoms with Gasteiger partial charge in [-0.2, -0.15) is 0 Å². The number of nitrogens with one attached hydrogen (secondary N) is 2. The average molecular weight is 263 g/mol. The molecule has 19 heavy (non-hydrogen) atoms. The number of rotatable bonds is 7. The Kier molecular flexibility index (Phi) is 6.42. The molecule has 0 aliphatic heterocycles. The highest BCUT2D eigenvalue weighted by Crippen LogP contribution is 2.27. The van der Waals surface area contributed by atoms with Crippen LogP contribution in [0.15, 0.2) is 12.4 Å². The Morgan fingerprint density at radius 3 is 2.74 bits per heavy atom. The van der Waals surface area contributed by atoms with Gasteiger partial charge in [-0.1, -0.05) is 45.4 Å². The maximum atomic E-state index is 4.38. The number of aromatic nitrogens is 2. The van der Waals surface area contributed by atoms with Crippen LogP contribution in [0.25, 0.3) is 0 Å². The quantitative estimate of drug-likeness (QED) is 0.737. The zero-order valence-electron chi connectivity index (χ0n) is 12.3. The number of H-pyrrole nitrogens is 1. The molecule has 0 bridgehead atoms. The molecule has 1 aliphatic rings. The van der Waals surface area contributed by atoms with Gasteiger partial charge < -0.3 is 10.3 Å². The van der Waals surface area contributed by atoms with Crippen molar-refractivity contribution in [2.45, 2.75) is 70.8 Å².